The Bertz CT molecular complexity index is 1340. The van der Waals surface area contributed by atoms with E-state index in [2.05, 4.69) is 52.3 Å². The number of aromatic nitrogens is 2. The zero-order chi connectivity index (χ0) is 21.8. The van der Waals surface area contributed by atoms with Crippen LogP contribution in [0.5, 0.6) is 0 Å². The first kappa shape index (κ1) is 19.8. The van der Waals surface area contributed by atoms with Gasteiger partial charge in [0.1, 0.15) is 5.82 Å². The van der Waals surface area contributed by atoms with Crippen LogP contribution in [0.15, 0.2) is 109 Å². The molecule has 0 aliphatic heterocycles. The maximum Gasteiger partial charge on any atom is 0.251 e. The van der Waals surface area contributed by atoms with Gasteiger partial charge in [0.25, 0.3) is 5.91 Å². The molecular weight excluding hydrogens is 394 g/mol. The van der Waals surface area contributed by atoms with Gasteiger partial charge in [0.15, 0.2) is 0 Å². The summed E-state index contributed by atoms with van der Waals surface area (Å²) in [4.78, 5) is 17.2. The van der Waals surface area contributed by atoms with Crippen molar-refractivity contribution in [3.8, 4) is 11.4 Å². The van der Waals surface area contributed by atoms with E-state index in [1.54, 1.807) is 0 Å². The van der Waals surface area contributed by atoms with Crippen molar-refractivity contribution >= 4 is 16.9 Å². The van der Waals surface area contributed by atoms with Gasteiger partial charge in [-0.1, -0.05) is 84.9 Å². The summed E-state index contributed by atoms with van der Waals surface area (Å²) in [6, 6.07) is 36.2. The van der Waals surface area contributed by atoms with Gasteiger partial charge < -0.3 is 9.88 Å². The lowest BCUT2D eigenvalue weighted by Gasteiger charge is -2.11. The molecule has 1 aromatic heterocycles. The molecular formula is C28H23N3O. The van der Waals surface area contributed by atoms with E-state index in [1.165, 1.54) is 5.56 Å². The van der Waals surface area contributed by atoms with Crippen LogP contribution in [0.25, 0.3) is 22.4 Å². The van der Waals surface area contributed by atoms with Crippen molar-refractivity contribution in [3.63, 3.8) is 0 Å². The van der Waals surface area contributed by atoms with Crippen molar-refractivity contribution < 1.29 is 4.79 Å². The second-order valence-electron chi connectivity index (χ2n) is 7.74. The predicted molar refractivity (Wildman–Crippen MR) is 128 cm³/mol. The van der Waals surface area contributed by atoms with Gasteiger partial charge in [0, 0.05) is 24.2 Å². The van der Waals surface area contributed by atoms with Crippen LogP contribution >= 0.6 is 0 Å². The van der Waals surface area contributed by atoms with Crippen LogP contribution in [-0.4, -0.2) is 15.5 Å². The molecule has 0 saturated carbocycles. The van der Waals surface area contributed by atoms with Crippen molar-refractivity contribution in [2.24, 2.45) is 0 Å². The first-order valence-electron chi connectivity index (χ1n) is 10.7. The number of nitrogens with one attached hydrogen (secondary N) is 1. The molecule has 1 N–H and O–H groups in total. The maximum absolute atomic E-state index is 12.3. The minimum absolute atomic E-state index is 0.0701. The SMILES string of the molecule is O=C(NCc1ccc(-c2nc3ccccc3n2Cc2ccccc2)cc1)c1ccccc1. The minimum atomic E-state index is -0.0701. The molecule has 0 radical (unpaired) electrons. The molecule has 0 bridgehead atoms. The Morgan fingerprint density at radius 3 is 2.12 bits per heavy atom. The highest BCUT2D eigenvalue weighted by molar-refractivity contribution is 5.94. The Morgan fingerprint density at radius 1 is 0.719 bits per heavy atom. The average Bonchev–Trinajstić information content (AvgIpc) is 3.22. The van der Waals surface area contributed by atoms with Crippen molar-refractivity contribution in [2.75, 3.05) is 0 Å². The number of hydrogen-bond donors (Lipinski definition) is 1. The molecule has 0 unspecified atom stereocenters. The van der Waals surface area contributed by atoms with E-state index in [9.17, 15) is 4.79 Å². The third-order valence-corrected chi connectivity index (χ3v) is 5.54. The van der Waals surface area contributed by atoms with Crippen LogP contribution in [0.1, 0.15) is 21.5 Å². The highest BCUT2D eigenvalue weighted by Crippen LogP contribution is 2.26. The number of fused-ring (bicyclic) bond motifs is 1. The Balaban J connectivity index is 1.39. The van der Waals surface area contributed by atoms with Gasteiger partial charge in [0.2, 0.25) is 0 Å². The van der Waals surface area contributed by atoms with Crippen LogP contribution in [0.4, 0.5) is 0 Å². The fourth-order valence-corrected chi connectivity index (χ4v) is 3.87. The van der Waals surface area contributed by atoms with Gasteiger partial charge in [0.05, 0.1) is 11.0 Å². The molecule has 0 aliphatic carbocycles. The number of benzene rings is 4. The molecule has 1 amide bonds. The lowest BCUT2D eigenvalue weighted by atomic mass is 10.1. The van der Waals surface area contributed by atoms with Gasteiger partial charge in [-0.05, 0) is 35.4 Å². The molecule has 4 heteroatoms. The predicted octanol–water partition coefficient (Wildman–Crippen LogP) is 5.68. The Morgan fingerprint density at radius 2 is 1.38 bits per heavy atom. The molecule has 0 spiro atoms. The van der Waals surface area contributed by atoms with Crippen LogP contribution in [0, 0.1) is 0 Å². The normalized spacial score (nSPS) is 10.9. The quantitative estimate of drug-likeness (QED) is 0.386. The Labute approximate surface area is 187 Å². The third-order valence-electron chi connectivity index (χ3n) is 5.54. The number of nitrogens with zero attached hydrogens (tertiary/aromatic N) is 2. The summed E-state index contributed by atoms with van der Waals surface area (Å²) in [7, 11) is 0. The number of para-hydroxylation sites is 2. The molecule has 156 valence electrons. The molecule has 5 aromatic rings. The third kappa shape index (κ3) is 4.16. The summed E-state index contributed by atoms with van der Waals surface area (Å²) in [5.74, 6) is 0.870. The lowest BCUT2D eigenvalue weighted by molar-refractivity contribution is 0.0951. The number of imidazole rings is 1. The number of rotatable bonds is 6. The van der Waals surface area contributed by atoms with Crippen LogP contribution in [0.2, 0.25) is 0 Å². The monoisotopic (exact) mass is 417 g/mol. The smallest absolute Gasteiger partial charge is 0.251 e. The Kier molecular flexibility index (Phi) is 5.50. The van der Waals surface area contributed by atoms with Gasteiger partial charge >= 0.3 is 0 Å². The van der Waals surface area contributed by atoms with Gasteiger partial charge in [-0.25, -0.2) is 4.98 Å². The number of carbonyl (C=O) groups is 1. The molecule has 4 aromatic carbocycles. The standard InChI is InChI=1S/C28H23N3O/c32-28(24-11-5-2-6-12-24)29-19-21-15-17-23(18-16-21)27-30-25-13-7-8-14-26(25)31(27)20-22-9-3-1-4-10-22/h1-18H,19-20H2,(H,29,32). The fourth-order valence-electron chi connectivity index (χ4n) is 3.87. The molecule has 32 heavy (non-hydrogen) atoms. The molecule has 4 nitrogen and oxygen atoms in total. The minimum Gasteiger partial charge on any atom is -0.348 e. The van der Waals surface area contributed by atoms with E-state index in [0.29, 0.717) is 12.1 Å². The topological polar surface area (TPSA) is 46.9 Å². The number of hydrogen-bond acceptors (Lipinski definition) is 2. The second-order valence-corrected chi connectivity index (χ2v) is 7.74. The van der Waals surface area contributed by atoms with E-state index >= 15 is 0 Å². The number of carbonyl (C=O) groups excluding carboxylic acids is 1. The van der Waals surface area contributed by atoms with E-state index in [0.717, 1.165) is 34.5 Å². The largest absolute Gasteiger partial charge is 0.348 e. The summed E-state index contributed by atoms with van der Waals surface area (Å²) in [6.45, 7) is 1.24. The summed E-state index contributed by atoms with van der Waals surface area (Å²) in [5.41, 5.74) is 6.10. The first-order chi connectivity index (χ1) is 15.8. The molecule has 0 saturated heterocycles. The lowest BCUT2D eigenvalue weighted by Crippen LogP contribution is -2.22. The van der Waals surface area contributed by atoms with E-state index < -0.39 is 0 Å². The van der Waals surface area contributed by atoms with Gasteiger partial charge in [-0.2, -0.15) is 0 Å². The molecule has 0 aliphatic rings. The zero-order valence-electron chi connectivity index (χ0n) is 17.6. The highest BCUT2D eigenvalue weighted by atomic mass is 16.1. The van der Waals surface area contributed by atoms with Gasteiger partial charge in [-0.3, -0.25) is 4.79 Å². The van der Waals surface area contributed by atoms with Crippen LogP contribution in [0.3, 0.4) is 0 Å². The maximum atomic E-state index is 12.3. The zero-order valence-corrected chi connectivity index (χ0v) is 17.6. The molecule has 0 fully saturated rings. The summed E-state index contributed by atoms with van der Waals surface area (Å²) < 4.78 is 2.26. The molecule has 1 heterocycles. The first-order valence-corrected chi connectivity index (χ1v) is 10.7. The highest BCUT2D eigenvalue weighted by Gasteiger charge is 2.13. The molecule has 0 atom stereocenters. The average molecular weight is 418 g/mol. The fraction of sp³-hybridized carbons (Fsp3) is 0.0714. The van der Waals surface area contributed by atoms with Crippen molar-refractivity contribution in [1.82, 2.24) is 14.9 Å². The van der Waals surface area contributed by atoms with Crippen LogP contribution in [-0.2, 0) is 13.1 Å². The van der Waals surface area contributed by atoms with Crippen molar-refractivity contribution in [3.05, 3.63) is 126 Å². The van der Waals surface area contributed by atoms with Gasteiger partial charge in [-0.15, -0.1) is 0 Å². The summed E-state index contributed by atoms with van der Waals surface area (Å²) in [6.07, 6.45) is 0. The second kappa shape index (κ2) is 8.90. The molecule has 5 rings (SSSR count). The van der Waals surface area contributed by atoms with Crippen molar-refractivity contribution in [2.45, 2.75) is 13.1 Å². The van der Waals surface area contributed by atoms with E-state index in [4.69, 9.17) is 4.98 Å². The van der Waals surface area contributed by atoms with E-state index in [-0.39, 0.29) is 5.91 Å². The van der Waals surface area contributed by atoms with E-state index in [1.807, 2.05) is 66.7 Å². The Hall–Kier alpha value is -4.18. The summed E-state index contributed by atoms with van der Waals surface area (Å²) in [5, 5.41) is 2.98. The summed E-state index contributed by atoms with van der Waals surface area (Å²) >= 11 is 0. The van der Waals surface area contributed by atoms with Crippen molar-refractivity contribution in [1.29, 1.82) is 0 Å². The van der Waals surface area contributed by atoms with Crippen LogP contribution < -0.4 is 5.32 Å². The number of amides is 1.